The van der Waals surface area contributed by atoms with Crippen LogP contribution in [0.15, 0.2) is 70.9 Å². The molecule has 1 atom stereocenters. The van der Waals surface area contributed by atoms with Crippen molar-refractivity contribution >= 4 is 17.4 Å². The molecule has 0 aliphatic carbocycles. The van der Waals surface area contributed by atoms with Crippen LogP contribution in [0.3, 0.4) is 0 Å². The first-order valence-electron chi connectivity index (χ1n) is 10.00. The third-order valence-corrected chi connectivity index (χ3v) is 5.46. The number of ketones is 1. The lowest BCUT2D eigenvalue weighted by Gasteiger charge is -2.25. The molecule has 32 heavy (non-hydrogen) atoms. The number of benzene rings is 2. The molecule has 3 heterocycles. The Morgan fingerprint density at radius 2 is 1.81 bits per heavy atom. The first-order valence-corrected chi connectivity index (χ1v) is 10.00. The summed E-state index contributed by atoms with van der Waals surface area (Å²) in [6, 6.07) is 12.7. The van der Waals surface area contributed by atoms with Crippen molar-refractivity contribution in [3.63, 3.8) is 0 Å². The largest absolute Gasteiger partial charge is 0.507 e. The molecule has 0 saturated carbocycles. The number of Topliss-reactive ketones (excluding diaryl/α,β-unsaturated/α-hetero) is 1. The first-order chi connectivity index (χ1) is 15.5. The van der Waals surface area contributed by atoms with Gasteiger partial charge in [-0.1, -0.05) is 18.2 Å². The fourth-order valence-electron chi connectivity index (χ4n) is 3.98. The Kier molecular flexibility index (Phi) is 4.89. The van der Waals surface area contributed by atoms with E-state index in [2.05, 4.69) is 0 Å². The van der Waals surface area contributed by atoms with Gasteiger partial charge in [-0.25, -0.2) is 4.39 Å². The predicted octanol–water partition coefficient (Wildman–Crippen LogP) is 3.81. The second kappa shape index (κ2) is 7.88. The van der Waals surface area contributed by atoms with Gasteiger partial charge in [-0.2, -0.15) is 0 Å². The van der Waals surface area contributed by atoms with Crippen LogP contribution in [0.4, 0.5) is 4.39 Å². The van der Waals surface area contributed by atoms with E-state index in [9.17, 15) is 19.1 Å². The van der Waals surface area contributed by atoms with Crippen LogP contribution in [-0.2, 0) is 16.1 Å². The van der Waals surface area contributed by atoms with E-state index in [1.165, 1.54) is 35.4 Å². The van der Waals surface area contributed by atoms with Crippen molar-refractivity contribution in [2.24, 2.45) is 0 Å². The second-order valence-corrected chi connectivity index (χ2v) is 7.39. The minimum Gasteiger partial charge on any atom is -0.507 e. The van der Waals surface area contributed by atoms with Crippen LogP contribution in [0.5, 0.6) is 11.5 Å². The number of likely N-dealkylation sites (tertiary alicyclic amines) is 1. The summed E-state index contributed by atoms with van der Waals surface area (Å²) in [7, 11) is 0. The third kappa shape index (κ3) is 3.30. The summed E-state index contributed by atoms with van der Waals surface area (Å²) in [6.07, 6.45) is 1.44. The quantitative estimate of drug-likeness (QED) is 0.381. The van der Waals surface area contributed by atoms with Gasteiger partial charge in [0, 0.05) is 11.1 Å². The highest BCUT2D eigenvalue weighted by molar-refractivity contribution is 6.46. The first kappa shape index (κ1) is 19.9. The van der Waals surface area contributed by atoms with Crippen molar-refractivity contribution in [2.75, 3.05) is 13.2 Å². The molecular formula is C24H18FNO6. The van der Waals surface area contributed by atoms with Gasteiger partial charge >= 0.3 is 0 Å². The number of fused-ring (bicyclic) bond motifs is 1. The lowest BCUT2D eigenvalue weighted by atomic mass is 9.94. The van der Waals surface area contributed by atoms with Gasteiger partial charge in [-0.3, -0.25) is 9.59 Å². The molecule has 2 aliphatic heterocycles. The molecule has 1 saturated heterocycles. The summed E-state index contributed by atoms with van der Waals surface area (Å²) in [6.45, 7) is 0.692. The maximum absolute atomic E-state index is 14.8. The van der Waals surface area contributed by atoms with E-state index < -0.39 is 29.3 Å². The summed E-state index contributed by atoms with van der Waals surface area (Å²) in [5.74, 6) is -1.43. The normalized spacial score (nSPS) is 19.4. The van der Waals surface area contributed by atoms with Crippen LogP contribution >= 0.6 is 0 Å². The van der Waals surface area contributed by atoms with E-state index in [4.69, 9.17) is 13.9 Å². The molecule has 1 fully saturated rings. The highest BCUT2D eigenvalue weighted by Gasteiger charge is 2.47. The number of carbonyl (C=O) groups is 2. The number of rotatable bonds is 4. The molecule has 1 aromatic heterocycles. The van der Waals surface area contributed by atoms with Gasteiger partial charge < -0.3 is 23.9 Å². The fraction of sp³-hybridized carbons (Fsp3) is 0.167. The summed E-state index contributed by atoms with van der Waals surface area (Å²) >= 11 is 0. The highest BCUT2D eigenvalue weighted by atomic mass is 19.1. The van der Waals surface area contributed by atoms with Crippen LogP contribution in [0.25, 0.3) is 5.76 Å². The van der Waals surface area contributed by atoms with Crippen LogP contribution < -0.4 is 9.47 Å². The Morgan fingerprint density at radius 3 is 2.56 bits per heavy atom. The monoisotopic (exact) mass is 435 g/mol. The number of halogens is 1. The average Bonchev–Trinajstić information content (AvgIpc) is 3.41. The second-order valence-electron chi connectivity index (χ2n) is 7.39. The van der Waals surface area contributed by atoms with Crippen molar-refractivity contribution in [3.05, 3.63) is 89.1 Å². The molecule has 0 bridgehead atoms. The van der Waals surface area contributed by atoms with Crippen molar-refractivity contribution in [1.29, 1.82) is 0 Å². The number of aliphatic hydroxyl groups excluding tert-OH is 1. The minimum atomic E-state index is -1.13. The fourth-order valence-corrected chi connectivity index (χ4v) is 3.98. The number of carbonyl (C=O) groups excluding carboxylic acids is 2. The zero-order valence-corrected chi connectivity index (χ0v) is 16.8. The van der Waals surface area contributed by atoms with Gasteiger partial charge in [0.1, 0.15) is 30.6 Å². The maximum atomic E-state index is 14.8. The number of ether oxygens (including phenoxy) is 2. The molecule has 2 aromatic carbocycles. The summed E-state index contributed by atoms with van der Waals surface area (Å²) < 4.78 is 31.2. The van der Waals surface area contributed by atoms with Gasteiger partial charge in [0.05, 0.1) is 24.4 Å². The number of hydrogen-bond acceptors (Lipinski definition) is 6. The van der Waals surface area contributed by atoms with Gasteiger partial charge in [0.15, 0.2) is 11.5 Å². The Hall–Kier alpha value is -4.07. The van der Waals surface area contributed by atoms with Crippen LogP contribution in [0.2, 0.25) is 0 Å². The molecule has 1 amide bonds. The number of amides is 1. The van der Waals surface area contributed by atoms with Crippen LogP contribution in [0.1, 0.15) is 22.9 Å². The Balaban J connectivity index is 1.65. The van der Waals surface area contributed by atoms with E-state index in [1.54, 1.807) is 30.3 Å². The third-order valence-electron chi connectivity index (χ3n) is 5.46. The van der Waals surface area contributed by atoms with Crippen molar-refractivity contribution < 1.29 is 33.0 Å². The molecule has 0 unspecified atom stereocenters. The summed E-state index contributed by atoms with van der Waals surface area (Å²) in [5, 5.41) is 11.1. The smallest absolute Gasteiger partial charge is 0.296 e. The van der Waals surface area contributed by atoms with Gasteiger partial charge in [0.2, 0.25) is 0 Å². The molecule has 0 spiro atoms. The van der Waals surface area contributed by atoms with Crippen LogP contribution in [0, 0.1) is 5.82 Å². The lowest BCUT2D eigenvalue weighted by Crippen LogP contribution is -2.29. The standard InChI is InChI=1S/C24H18FNO6/c25-17-6-2-1-5-16(17)21-20(23(28)24(29)26(21)13-15-4-3-9-30-15)22(27)14-7-8-18-19(12-14)32-11-10-31-18/h1-9,12,21,27H,10-11,13H2/b22-20+/t21-/m1/s1. The molecular weight excluding hydrogens is 417 g/mol. The SMILES string of the molecule is O=C1C(=O)N(Cc2ccco2)[C@H](c2ccccc2F)/C1=C(\O)c1ccc2c(c1)OCCO2. The zero-order valence-electron chi connectivity index (χ0n) is 16.8. The molecule has 2 aliphatic rings. The number of hydrogen-bond donors (Lipinski definition) is 1. The highest BCUT2D eigenvalue weighted by Crippen LogP contribution is 2.42. The van der Waals surface area contributed by atoms with E-state index in [1.807, 2.05) is 0 Å². The Labute approximate surface area is 182 Å². The van der Waals surface area contributed by atoms with Gasteiger partial charge in [-0.05, 0) is 36.4 Å². The summed E-state index contributed by atoms with van der Waals surface area (Å²) in [4.78, 5) is 27.1. The molecule has 3 aromatic rings. The maximum Gasteiger partial charge on any atom is 0.296 e. The van der Waals surface area contributed by atoms with Gasteiger partial charge in [-0.15, -0.1) is 0 Å². The van der Waals surface area contributed by atoms with Crippen LogP contribution in [-0.4, -0.2) is 34.9 Å². The van der Waals surface area contributed by atoms with Gasteiger partial charge in [0.25, 0.3) is 11.7 Å². The average molecular weight is 435 g/mol. The van der Waals surface area contributed by atoms with E-state index in [0.717, 1.165) is 0 Å². The van der Waals surface area contributed by atoms with Crippen molar-refractivity contribution in [3.8, 4) is 11.5 Å². The number of furan rings is 1. The molecule has 5 rings (SSSR count). The van der Waals surface area contributed by atoms with E-state index >= 15 is 0 Å². The van der Waals surface area contributed by atoms with E-state index in [-0.39, 0.29) is 23.2 Å². The Morgan fingerprint density at radius 1 is 1.03 bits per heavy atom. The topological polar surface area (TPSA) is 89.2 Å². The molecule has 8 heteroatoms. The number of nitrogens with zero attached hydrogens (tertiary/aromatic N) is 1. The predicted molar refractivity (Wildman–Crippen MR) is 110 cm³/mol. The molecule has 162 valence electrons. The van der Waals surface area contributed by atoms with Crippen molar-refractivity contribution in [1.82, 2.24) is 4.90 Å². The zero-order chi connectivity index (χ0) is 22.2. The minimum absolute atomic E-state index is 0.0610. The molecule has 7 nitrogen and oxygen atoms in total. The lowest BCUT2D eigenvalue weighted by molar-refractivity contribution is -0.140. The summed E-state index contributed by atoms with van der Waals surface area (Å²) in [5.41, 5.74) is 0.146. The number of aliphatic hydroxyl groups is 1. The molecule has 1 N–H and O–H groups in total. The molecule has 0 radical (unpaired) electrons. The van der Waals surface area contributed by atoms with E-state index in [0.29, 0.717) is 30.5 Å². The van der Waals surface area contributed by atoms with Crippen molar-refractivity contribution in [2.45, 2.75) is 12.6 Å². The Bertz CT molecular complexity index is 1230.